The molecule has 7 heteroatoms. The van der Waals surface area contributed by atoms with Crippen LogP contribution in [0.25, 0.3) is 21.9 Å². The molecule has 2 nitrogen and oxygen atoms in total. The van der Waals surface area contributed by atoms with Gasteiger partial charge < -0.3 is 9.73 Å². The van der Waals surface area contributed by atoms with Crippen molar-refractivity contribution in [3.05, 3.63) is 42.5 Å². The summed E-state index contributed by atoms with van der Waals surface area (Å²) in [4.78, 5) is 0. The average molecular weight is 318 g/mol. The molecule has 0 saturated heterocycles. The number of fused-ring (bicyclic) bond motifs is 3. The van der Waals surface area contributed by atoms with Crippen LogP contribution in [0.5, 0.6) is 0 Å². The first-order chi connectivity index (χ1) is 12.0. The zero-order valence-electron chi connectivity index (χ0n) is 15.4. The van der Waals surface area contributed by atoms with Crippen molar-refractivity contribution in [3.8, 4) is 0 Å². The van der Waals surface area contributed by atoms with Crippen LogP contribution in [0.1, 0.15) is 0 Å². The number of nitrogens with one attached hydrogen (secondary N) is 1. The van der Waals surface area contributed by atoms with Crippen molar-refractivity contribution in [2.24, 2.45) is 0 Å². The molecule has 0 fully saturated rings. The number of anilines is 2. The Labute approximate surface area is 152 Å². The van der Waals surface area contributed by atoms with Crippen LogP contribution in [0.3, 0.4) is 0 Å². The maximum Gasteiger partial charge on any atom is 0.158 e. The Balaban J connectivity index is 1.93. The van der Waals surface area contributed by atoms with Crippen molar-refractivity contribution >= 4 is 99.9 Å². The van der Waals surface area contributed by atoms with Crippen molar-refractivity contribution in [3.63, 3.8) is 0 Å². The standard InChI is InChI=1S/C18H18B5NO/c19-12-13(20)15(22)17(16(23)14(12)21)24-10-6-3-5-9-8-4-1-2-7-11(8)25-18(9)10/h1-7,24H,19-23H2. The molecule has 0 aliphatic rings. The molecule has 0 aliphatic heterocycles. The summed E-state index contributed by atoms with van der Waals surface area (Å²) in [6.07, 6.45) is 0. The molecule has 1 aromatic heterocycles. The quantitative estimate of drug-likeness (QED) is 0.390. The third-order valence-electron chi connectivity index (χ3n) is 5.66. The predicted molar refractivity (Wildman–Crippen MR) is 124 cm³/mol. The number of hydrogen-bond acceptors (Lipinski definition) is 2. The van der Waals surface area contributed by atoms with Crippen LogP contribution in [0.15, 0.2) is 46.9 Å². The van der Waals surface area contributed by atoms with Gasteiger partial charge in [0.15, 0.2) is 5.58 Å². The fourth-order valence-corrected chi connectivity index (χ4v) is 3.67. The van der Waals surface area contributed by atoms with Crippen molar-refractivity contribution in [1.29, 1.82) is 0 Å². The van der Waals surface area contributed by atoms with Gasteiger partial charge in [-0.3, -0.25) is 0 Å². The Bertz CT molecular complexity index is 1110. The van der Waals surface area contributed by atoms with Gasteiger partial charge in [-0.05, 0) is 12.1 Å². The summed E-state index contributed by atoms with van der Waals surface area (Å²) in [5.41, 5.74) is 10.7. The lowest BCUT2D eigenvalue weighted by atomic mass is 9.61. The third-order valence-corrected chi connectivity index (χ3v) is 5.66. The average Bonchev–Trinajstić information content (AvgIpc) is 3.01. The highest BCUT2D eigenvalue weighted by molar-refractivity contribution is 6.68. The van der Waals surface area contributed by atoms with Gasteiger partial charge >= 0.3 is 0 Å². The minimum absolute atomic E-state index is 0.915. The largest absolute Gasteiger partial charge is 0.454 e. The monoisotopic (exact) mass is 319 g/mol. The van der Waals surface area contributed by atoms with Crippen LogP contribution in [0.4, 0.5) is 11.4 Å². The van der Waals surface area contributed by atoms with Gasteiger partial charge in [-0.1, -0.05) is 52.2 Å². The van der Waals surface area contributed by atoms with E-state index in [4.69, 9.17) is 4.42 Å². The predicted octanol–water partition coefficient (Wildman–Crippen LogP) is -3.38. The van der Waals surface area contributed by atoms with Crippen LogP contribution in [0.2, 0.25) is 0 Å². The fraction of sp³-hybridized carbons (Fsp3) is 0. The molecule has 0 saturated carbocycles. The number of para-hydroxylation sites is 2. The van der Waals surface area contributed by atoms with E-state index in [2.05, 4.69) is 74.9 Å². The van der Waals surface area contributed by atoms with Gasteiger partial charge in [-0.25, -0.2) is 0 Å². The van der Waals surface area contributed by atoms with Gasteiger partial charge in [-0.2, -0.15) is 0 Å². The maximum atomic E-state index is 6.16. The van der Waals surface area contributed by atoms with E-state index in [1.807, 2.05) is 12.1 Å². The molecule has 0 atom stereocenters. The number of benzene rings is 3. The van der Waals surface area contributed by atoms with E-state index in [0.717, 1.165) is 27.6 Å². The zero-order valence-corrected chi connectivity index (χ0v) is 15.4. The summed E-state index contributed by atoms with van der Waals surface area (Å²) in [6, 6.07) is 14.5. The molecular weight excluding hydrogens is 300 g/mol. The molecular formula is C18H18B5NO. The third kappa shape index (κ3) is 2.41. The molecule has 1 N–H and O–H groups in total. The van der Waals surface area contributed by atoms with Gasteiger partial charge in [0, 0.05) is 16.5 Å². The van der Waals surface area contributed by atoms with E-state index < -0.39 is 0 Å². The van der Waals surface area contributed by atoms with Gasteiger partial charge in [0.2, 0.25) is 0 Å². The van der Waals surface area contributed by atoms with Gasteiger partial charge in [0.25, 0.3) is 0 Å². The summed E-state index contributed by atoms with van der Waals surface area (Å²) in [7, 11) is 11.0. The number of hydrogen-bond donors (Lipinski definition) is 1. The molecule has 0 spiro atoms. The van der Waals surface area contributed by atoms with Crippen LogP contribution < -0.4 is 32.6 Å². The highest BCUT2D eigenvalue weighted by atomic mass is 16.3. The van der Waals surface area contributed by atoms with Crippen LogP contribution >= 0.6 is 0 Å². The van der Waals surface area contributed by atoms with E-state index >= 15 is 0 Å². The van der Waals surface area contributed by atoms with E-state index in [1.54, 1.807) is 0 Å². The van der Waals surface area contributed by atoms with Crippen LogP contribution in [-0.4, -0.2) is 39.2 Å². The highest BCUT2D eigenvalue weighted by Gasteiger charge is 2.14. The first kappa shape index (κ1) is 16.1. The number of rotatable bonds is 2. The first-order valence-electron chi connectivity index (χ1n) is 8.73. The SMILES string of the molecule is Bc1c(B)c(B)c(Nc2cccc3c2oc2ccccc23)c(B)c1B. The lowest BCUT2D eigenvalue weighted by molar-refractivity contribution is 0.670. The van der Waals surface area contributed by atoms with E-state index in [0.29, 0.717) is 0 Å². The van der Waals surface area contributed by atoms with Crippen molar-refractivity contribution in [1.82, 2.24) is 0 Å². The van der Waals surface area contributed by atoms with Crippen molar-refractivity contribution in [2.75, 3.05) is 5.32 Å². The smallest absolute Gasteiger partial charge is 0.158 e. The molecule has 116 valence electrons. The first-order valence-corrected chi connectivity index (χ1v) is 8.73. The van der Waals surface area contributed by atoms with Gasteiger partial charge in [0.1, 0.15) is 44.8 Å². The fourth-order valence-electron chi connectivity index (χ4n) is 3.67. The van der Waals surface area contributed by atoms with E-state index in [-0.39, 0.29) is 0 Å². The van der Waals surface area contributed by atoms with Gasteiger partial charge in [0.05, 0.1) is 5.69 Å². The number of furan rings is 1. The summed E-state index contributed by atoms with van der Waals surface area (Å²) >= 11 is 0. The summed E-state index contributed by atoms with van der Waals surface area (Å²) < 4.78 is 6.16. The topological polar surface area (TPSA) is 25.2 Å². The molecule has 1 heterocycles. The summed E-state index contributed by atoms with van der Waals surface area (Å²) in [5.74, 6) is 0. The molecule has 3 aromatic carbocycles. The van der Waals surface area contributed by atoms with E-state index in [1.165, 1.54) is 33.0 Å². The Morgan fingerprint density at radius 3 is 1.96 bits per heavy atom. The molecule has 0 bridgehead atoms. The highest BCUT2D eigenvalue weighted by Crippen LogP contribution is 2.33. The molecule has 0 radical (unpaired) electrons. The van der Waals surface area contributed by atoms with Gasteiger partial charge in [-0.15, -0.1) is 5.46 Å². The Morgan fingerprint density at radius 1 is 0.640 bits per heavy atom. The van der Waals surface area contributed by atoms with Crippen molar-refractivity contribution < 1.29 is 4.42 Å². The normalized spacial score (nSPS) is 11.2. The maximum absolute atomic E-state index is 6.16. The summed E-state index contributed by atoms with van der Waals surface area (Å²) in [5, 5.41) is 5.97. The van der Waals surface area contributed by atoms with Crippen LogP contribution in [-0.2, 0) is 0 Å². The lowest BCUT2D eigenvalue weighted by Gasteiger charge is -2.21. The minimum Gasteiger partial charge on any atom is -0.454 e. The Hall–Kier alpha value is -2.42. The molecule has 0 aliphatic carbocycles. The second-order valence-corrected chi connectivity index (χ2v) is 6.91. The molecule has 25 heavy (non-hydrogen) atoms. The van der Waals surface area contributed by atoms with E-state index in [9.17, 15) is 0 Å². The molecule has 4 aromatic rings. The van der Waals surface area contributed by atoms with Crippen LogP contribution in [0, 0.1) is 0 Å². The lowest BCUT2D eigenvalue weighted by Crippen LogP contribution is -2.55. The summed E-state index contributed by atoms with van der Waals surface area (Å²) in [6.45, 7) is 0. The molecule has 0 unspecified atom stereocenters. The zero-order chi connectivity index (χ0) is 17.7. The molecule has 0 amide bonds. The van der Waals surface area contributed by atoms with Crippen molar-refractivity contribution in [2.45, 2.75) is 0 Å². The minimum atomic E-state index is 0.915. The second-order valence-electron chi connectivity index (χ2n) is 6.91. The Kier molecular flexibility index (Phi) is 3.75. The Morgan fingerprint density at radius 2 is 1.24 bits per heavy atom. The second kappa shape index (κ2) is 5.84. The molecule has 4 rings (SSSR count).